The predicted octanol–water partition coefficient (Wildman–Crippen LogP) is 4.37. The Labute approximate surface area is 158 Å². The Kier molecular flexibility index (Phi) is 5.11. The number of amides is 3. The molecule has 2 aromatic carbocycles. The van der Waals surface area contributed by atoms with Crippen LogP contribution in [0.2, 0.25) is 5.02 Å². The number of anilines is 1. The molecule has 0 saturated heterocycles. The van der Waals surface area contributed by atoms with E-state index in [1.165, 1.54) is 0 Å². The van der Waals surface area contributed by atoms with Crippen molar-refractivity contribution >= 4 is 45.2 Å². The number of nitrogens with one attached hydrogen (secondary N) is 3. The highest BCUT2D eigenvalue weighted by Crippen LogP contribution is 2.29. The zero-order valence-electron chi connectivity index (χ0n) is 13.3. The molecule has 1 unspecified atom stereocenters. The highest BCUT2D eigenvalue weighted by Gasteiger charge is 2.31. The lowest BCUT2D eigenvalue weighted by atomic mass is 9.95. The number of para-hydroxylation sites is 1. The summed E-state index contributed by atoms with van der Waals surface area (Å²) < 4.78 is 0.916. The summed E-state index contributed by atoms with van der Waals surface area (Å²) in [4.78, 5) is 24.7. The molecule has 0 bridgehead atoms. The van der Waals surface area contributed by atoms with E-state index in [2.05, 4.69) is 31.9 Å². The summed E-state index contributed by atoms with van der Waals surface area (Å²) in [5, 5.41) is 8.70. The van der Waals surface area contributed by atoms with Crippen molar-refractivity contribution in [3.63, 3.8) is 0 Å². The quantitative estimate of drug-likeness (QED) is 0.690. The van der Waals surface area contributed by atoms with Crippen LogP contribution >= 0.6 is 27.5 Å². The minimum Gasteiger partial charge on any atom is -0.327 e. The zero-order valence-corrected chi connectivity index (χ0v) is 15.6. The van der Waals surface area contributed by atoms with Gasteiger partial charge < -0.3 is 16.0 Å². The number of rotatable bonds is 3. The second-order valence-electron chi connectivity index (χ2n) is 5.56. The van der Waals surface area contributed by atoms with E-state index in [1.807, 2.05) is 24.3 Å². The van der Waals surface area contributed by atoms with Gasteiger partial charge in [0, 0.05) is 10.2 Å². The molecule has 0 fully saturated rings. The van der Waals surface area contributed by atoms with Crippen LogP contribution in [0.15, 0.2) is 64.3 Å². The molecular formula is C18H15BrClN3O2. The van der Waals surface area contributed by atoms with E-state index in [1.54, 1.807) is 31.2 Å². The van der Waals surface area contributed by atoms with Crippen LogP contribution in [-0.4, -0.2) is 11.9 Å². The van der Waals surface area contributed by atoms with Gasteiger partial charge in [-0.05, 0) is 36.8 Å². The standard InChI is InChI=1S/C18H15BrClN3O2/c1-10-15(17(24)22-14-5-3-2-4-13(14)20)16(23-18(25)21-10)11-6-8-12(19)9-7-11/h2-9,16H,1H3,(H,22,24)(H2,21,23,25). The Morgan fingerprint density at radius 1 is 1.16 bits per heavy atom. The first-order valence-electron chi connectivity index (χ1n) is 7.55. The van der Waals surface area contributed by atoms with Gasteiger partial charge in [0.25, 0.3) is 5.91 Å². The van der Waals surface area contributed by atoms with E-state index in [9.17, 15) is 9.59 Å². The van der Waals surface area contributed by atoms with Crippen molar-refractivity contribution in [1.82, 2.24) is 10.6 Å². The number of benzene rings is 2. The minimum atomic E-state index is -0.552. The van der Waals surface area contributed by atoms with Crippen molar-refractivity contribution in [2.45, 2.75) is 13.0 Å². The third-order valence-corrected chi connectivity index (χ3v) is 4.70. The second kappa shape index (κ2) is 7.29. The monoisotopic (exact) mass is 419 g/mol. The first kappa shape index (κ1) is 17.5. The van der Waals surface area contributed by atoms with E-state index in [0.29, 0.717) is 22.0 Å². The number of hydrogen-bond donors (Lipinski definition) is 3. The third kappa shape index (κ3) is 3.86. The van der Waals surface area contributed by atoms with Gasteiger partial charge in [-0.3, -0.25) is 4.79 Å². The molecule has 25 heavy (non-hydrogen) atoms. The fourth-order valence-electron chi connectivity index (χ4n) is 2.65. The molecule has 0 saturated carbocycles. The van der Waals surface area contributed by atoms with Crippen molar-refractivity contribution in [2.75, 3.05) is 5.32 Å². The van der Waals surface area contributed by atoms with Gasteiger partial charge in [0.15, 0.2) is 0 Å². The lowest BCUT2D eigenvalue weighted by Crippen LogP contribution is -2.45. The van der Waals surface area contributed by atoms with E-state index in [0.717, 1.165) is 10.0 Å². The van der Waals surface area contributed by atoms with Crippen LogP contribution in [-0.2, 0) is 4.79 Å². The van der Waals surface area contributed by atoms with Crippen molar-refractivity contribution in [1.29, 1.82) is 0 Å². The number of carbonyl (C=O) groups is 2. The van der Waals surface area contributed by atoms with Crippen LogP contribution < -0.4 is 16.0 Å². The summed E-state index contributed by atoms with van der Waals surface area (Å²) in [7, 11) is 0. The van der Waals surface area contributed by atoms with Gasteiger partial charge >= 0.3 is 6.03 Å². The summed E-state index contributed by atoms with van der Waals surface area (Å²) in [5.41, 5.74) is 2.26. The molecular weight excluding hydrogens is 406 g/mol. The van der Waals surface area contributed by atoms with Crippen LogP contribution in [0.25, 0.3) is 0 Å². The van der Waals surface area contributed by atoms with Crippen LogP contribution in [0.3, 0.4) is 0 Å². The summed E-state index contributed by atoms with van der Waals surface area (Å²) in [6.07, 6.45) is 0. The summed E-state index contributed by atoms with van der Waals surface area (Å²) >= 11 is 9.50. The minimum absolute atomic E-state index is 0.328. The molecule has 0 radical (unpaired) electrons. The van der Waals surface area contributed by atoms with Crippen LogP contribution in [0.4, 0.5) is 10.5 Å². The Morgan fingerprint density at radius 3 is 2.52 bits per heavy atom. The van der Waals surface area contributed by atoms with Crippen molar-refractivity contribution in [3.05, 3.63) is 74.9 Å². The van der Waals surface area contributed by atoms with E-state index in [4.69, 9.17) is 11.6 Å². The molecule has 1 aliphatic heterocycles. The van der Waals surface area contributed by atoms with E-state index in [-0.39, 0.29) is 11.9 Å². The number of hydrogen-bond acceptors (Lipinski definition) is 2. The van der Waals surface area contributed by atoms with Crippen molar-refractivity contribution in [2.24, 2.45) is 0 Å². The molecule has 1 atom stereocenters. The summed E-state index contributed by atoms with van der Waals surface area (Å²) in [6, 6.07) is 13.5. The second-order valence-corrected chi connectivity index (χ2v) is 6.88. The van der Waals surface area contributed by atoms with Gasteiger partial charge in [0.1, 0.15) is 0 Å². The van der Waals surface area contributed by atoms with Crippen LogP contribution in [0, 0.1) is 0 Å². The molecule has 3 amide bonds. The maximum atomic E-state index is 12.9. The number of halogens is 2. The topological polar surface area (TPSA) is 70.2 Å². The molecule has 3 N–H and O–H groups in total. The highest BCUT2D eigenvalue weighted by atomic mass is 79.9. The van der Waals surface area contributed by atoms with Gasteiger partial charge in [-0.25, -0.2) is 4.79 Å². The maximum absolute atomic E-state index is 12.9. The van der Waals surface area contributed by atoms with Crippen LogP contribution in [0.5, 0.6) is 0 Å². The normalized spacial score (nSPS) is 16.9. The number of allylic oxidation sites excluding steroid dienone is 1. The average molecular weight is 421 g/mol. The summed E-state index contributed by atoms with van der Waals surface area (Å²) in [5.74, 6) is -0.328. The average Bonchev–Trinajstić information content (AvgIpc) is 2.57. The van der Waals surface area contributed by atoms with Gasteiger partial charge in [0.2, 0.25) is 0 Å². The number of carbonyl (C=O) groups excluding carboxylic acids is 2. The SMILES string of the molecule is CC1=C(C(=O)Nc2ccccc2Cl)C(c2ccc(Br)cc2)NC(=O)N1. The molecule has 0 aliphatic carbocycles. The molecule has 7 heteroatoms. The Hall–Kier alpha value is -2.31. The van der Waals surface area contributed by atoms with Gasteiger partial charge in [0.05, 0.1) is 22.3 Å². The lowest BCUT2D eigenvalue weighted by molar-refractivity contribution is -0.113. The van der Waals surface area contributed by atoms with Crippen LogP contribution in [0.1, 0.15) is 18.5 Å². The predicted molar refractivity (Wildman–Crippen MR) is 101 cm³/mol. The molecule has 5 nitrogen and oxygen atoms in total. The summed E-state index contributed by atoms with van der Waals surface area (Å²) in [6.45, 7) is 1.70. The lowest BCUT2D eigenvalue weighted by Gasteiger charge is -2.28. The third-order valence-electron chi connectivity index (χ3n) is 3.84. The maximum Gasteiger partial charge on any atom is 0.319 e. The highest BCUT2D eigenvalue weighted by molar-refractivity contribution is 9.10. The first-order valence-corrected chi connectivity index (χ1v) is 8.72. The smallest absolute Gasteiger partial charge is 0.319 e. The molecule has 128 valence electrons. The first-order chi connectivity index (χ1) is 12.0. The molecule has 1 aliphatic rings. The van der Waals surface area contributed by atoms with Gasteiger partial charge in [-0.2, -0.15) is 0 Å². The molecule has 2 aromatic rings. The fraction of sp³-hybridized carbons (Fsp3) is 0.111. The Balaban J connectivity index is 1.96. The molecule has 1 heterocycles. The zero-order chi connectivity index (χ0) is 18.0. The molecule has 0 aromatic heterocycles. The molecule has 0 spiro atoms. The Morgan fingerprint density at radius 2 is 1.84 bits per heavy atom. The largest absolute Gasteiger partial charge is 0.327 e. The van der Waals surface area contributed by atoms with Crippen molar-refractivity contribution in [3.8, 4) is 0 Å². The van der Waals surface area contributed by atoms with Gasteiger partial charge in [-0.15, -0.1) is 0 Å². The van der Waals surface area contributed by atoms with Gasteiger partial charge in [-0.1, -0.05) is 51.8 Å². The van der Waals surface area contributed by atoms with Crippen molar-refractivity contribution < 1.29 is 9.59 Å². The Bertz CT molecular complexity index is 865. The van der Waals surface area contributed by atoms with E-state index < -0.39 is 6.04 Å². The van der Waals surface area contributed by atoms with E-state index >= 15 is 0 Å². The fourth-order valence-corrected chi connectivity index (χ4v) is 3.10. The molecule has 3 rings (SSSR count). The number of urea groups is 1.